The van der Waals surface area contributed by atoms with Crippen molar-refractivity contribution < 1.29 is 14.0 Å². The molecule has 2 aromatic carbocycles. The van der Waals surface area contributed by atoms with Crippen LogP contribution in [0.25, 0.3) is 11.3 Å². The quantitative estimate of drug-likeness (QED) is 0.415. The molecular formula is C23H28N4O3. The number of rotatable bonds is 9. The number of nitrogens with zero attached hydrogens (tertiary/aromatic N) is 2. The standard InChI is InChI=1S/C23H28N4O3/c1-4-24-23(25-13-12-17-10-11-20(28-2)22(14-17)29-3)26-16-19-15-21(30-27-19)18-8-6-5-7-9-18/h5-11,14-15H,4,12-13,16H2,1-3H3,(H2,24,25,26). The number of benzene rings is 2. The van der Waals surface area contributed by atoms with Gasteiger partial charge in [0, 0.05) is 24.7 Å². The second kappa shape index (κ2) is 10.9. The Morgan fingerprint density at radius 3 is 2.53 bits per heavy atom. The highest BCUT2D eigenvalue weighted by atomic mass is 16.5. The fourth-order valence-electron chi connectivity index (χ4n) is 2.99. The Kier molecular flexibility index (Phi) is 7.71. The Labute approximate surface area is 177 Å². The highest BCUT2D eigenvalue weighted by Gasteiger charge is 2.07. The molecule has 3 rings (SSSR count). The third kappa shape index (κ3) is 5.76. The maximum Gasteiger partial charge on any atom is 0.191 e. The van der Waals surface area contributed by atoms with Gasteiger partial charge < -0.3 is 24.6 Å². The molecule has 7 nitrogen and oxygen atoms in total. The maximum absolute atomic E-state index is 5.44. The summed E-state index contributed by atoms with van der Waals surface area (Å²) in [5.41, 5.74) is 2.94. The SMILES string of the molecule is CCNC(=NCc1cc(-c2ccccc2)on1)NCCc1ccc(OC)c(OC)c1. The van der Waals surface area contributed by atoms with Crippen LogP contribution in [-0.4, -0.2) is 38.4 Å². The van der Waals surface area contributed by atoms with Gasteiger partial charge in [-0.05, 0) is 31.0 Å². The lowest BCUT2D eigenvalue weighted by atomic mass is 10.1. The lowest BCUT2D eigenvalue weighted by Gasteiger charge is -2.12. The summed E-state index contributed by atoms with van der Waals surface area (Å²) in [4.78, 5) is 4.61. The highest BCUT2D eigenvalue weighted by molar-refractivity contribution is 5.79. The first-order valence-corrected chi connectivity index (χ1v) is 9.97. The first-order valence-electron chi connectivity index (χ1n) is 9.97. The number of nitrogens with one attached hydrogen (secondary N) is 2. The molecule has 0 spiro atoms. The zero-order chi connectivity index (χ0) is 21.2. The second-order valence-corrected chi connectivity index (χ2v) is 6.61. The summed E-state index contributed by atoms with van der Waals surface area (Å²) in [7, 11) is 3.28. The smallest absolute Gasteiger partial charge is 0.191 e. The Balaban J connectivity index is 1.57. The van der Waals surface area contributed by atoms with Gasteiger partial charge in [0.15, 0.2) is 23.2 Å². The summed E-state index contributed by atoms with van der Waals surface area (Å²) in [6, 6.07) is 17.8. The number of aromatic nitrogens is 1. The van der Waals surface area contributed by atoms with Gasteiger partial charge >= 0.3 is 0 Å². The number of aliphatic imine (C=N–C) groups is 1. The van der Waals surface area contributed by atoms with Crippen molar-refractivity contribution in [3.05, 3.63) is 65.9 Å². The van der Waals surface area contributed by atoms with E-state index in [9.17, 15) is 0 Å². The summed E-state index contributed by atoms with van der Waals surface area (Å²) < 4.78 is 16.1. The van der Waals surface area contributed by atoms with Crippen molar-refractivity contribution in [1.29, 1.82) is 0 Å². The van der Waals surface area contributed by atoms with E-state index in [0.29, 0.717) is 6.54 Å². The normalized spacial score (nSPS) is 11.2. The van der Waals surface area contributed by atoms with Crippen molar-refractivity contribution in [1.82, 2.24) is 15.8 Å². The molecule has 0 aliphatic rings. The van der Waals surface area contributed by atoms with Crippen LogP contribution in [0.2, 0.25) is 0 Å². The molecule has 0 amide bonds. The van der Waals surface area contributed by atoms with Crippen LogP contribution in [0.5, 0.6) is 11.5 Å². The third-order valence-corrected chi connectivity index (χ3v) is 4.51. The molecular weight excluding hydrogens is 380 g/mol. The third-order valence-electron chi connectivity index (χ3n) is 4.51. The topological polar surface area (TPSA) is 80.9 Å². The van der Waals surface area contributed by atoms with Gasteiger partial charge in [-0.3, -0.25) is 0 Å². The molecule has 0 bridgehead atoms. The monoisotopic (exact) mass is 408 g/mol. The minimum Gasteiger partial charge on any atom is -0.493 e. The van der Waals surface area contributed by atoms with Crippen molar-refractivity contribution in [3.8, 4) is 22.8 Å². The number of hydrogen-bond acceptors (Lipinski definition) is 5. The first-order chi connectivity index (χ1) is 14.7. The van der Waals surface area contributed by atoms with E-state index in [-0.39, 0.29) is 0 Å². The minimum atomic E-state index is 0.433. The van der Waals surface area contributed by atoms with E-state index < -0.39 is 0 Å². The number of hydrogen-bond donors (Lipinski definition) is 2. The highest BCUT2D eigenvalue weighted by Crippen LogP contribution is 2.27. The predicted octanol–water partition coefficient (Wildman–Crippen LogP) is 3.66. The summed E-state index contributed by atoms with van der Waals surface area (Å²) in [6.45, 7) is 3.98. The minimum absolute atomic E-state index is 0.433. The lowest BCUT2D eigenvalue weighted by molar-refractivity contribution is 0.354. The largest absolute Gasteiger partial charge is 0.493 e. The Morgan fingerprint density at radius 1 is 1.00 bits per heavy atom. The lowest BCUT2D eigenvalue weighted by Crippen LogP contribution is -2.38. The van der Waals surface area contributed by atoms with Crippen molar-refractivity contribution in [2.24, 2.45) is 4.99 Å². The number of guanidine groups is 1. The molecule has 3 aromatic rings. The molecule has 158 valence electrons. The van der Waals surface area contributed by atoms with Gasteiger partial charge in [0.05, 0.1) is 20.8 Å². The molecule has 0 fully saturated rings. The number of methoxy groups -OCH3 is 2. The van der Waals surface area contributed by atoms with Gasteiger partial charge in [-0.25, -0.2) is 4.99 Å². The fourth-order valence-corrected chi connectivity index (χ4v) is 2.99. The molecule has 7 heteroatoms. The van der Waals surface area contributed by atoms with Gasteiger partial charge in [-0.15, -0.1) is 0 Å². The summed E-state index contributed by atoms with van der Waals surface area (Å²) in [5.74, 6) is 2.94. The zero-order valence-corrected chi connectivity index (χ0v) is 17.6. The van der Waals surface area contributed by atoms with Crippen LogP contribution in [0, 0.1) is 0 Å². The Bertz CT molecular complexity index is 954. The second-order valence-electron chi connectivity index (χ2n) is 6.61. The van der Waals surface area contributed by atoms with Gasteiger partial charge in [-0.1, -0.05) is 41.6 Å². The molecule has 0 atom stereocenters. The van der Waals surface area contributed by atoms with Crippen LogP contribution in [0.1, 0.15) is 18.2 Å². The van der Waals surface area contributed by atoms with Crippen LogP contribution in [0.15, 0.2) is 64.1 Å². The molecule has 0 radical (unpaired) electrons. The number of ether oxygens (including phenoxy) is 2. The summed E-state index contributed by atoms with van der Waals surface area (Å²) >= 11 is 0. The Hall–Kier alpha value is -3.48. The van der Waals surface area contributed by atoms with E-state index in [1.54, 1.807) is 14.2 Å². The van der Waals surface area contributed by atoms with Gasteiger partial charge in [0.1, 0.15) is 5.69 Å². The van der Waals surface area contributed by atoms with E-state index in [4.69, 9.17) is 14.0 Å². The van der Waals surface area contributed by atoms with Crippen molar-refractivity contribution in [2.75, 3.05) is 27.3 Å². The molecule has 1 heterocycles. The molecule has 30 heavy (non-hydrogen) atoms. The molecule has 0 aliphatic heterocycles. The van der Waals surface area contributed by atoms with E-state index >= 15 is 0 Å². The molecule has 2 N–H and O–H groups in total. The summed E-state index contributed by atoms with van der Waals surface area (Å²) in [6.07, 6.45) is 0.826. The van der Waals surface area contributed by atoms with Crippen molar-refractivity contribution >= 4 is 5.96 Å². The molecule has 1 aromatic heterocycles. The Morgan fingerprint density at radius 2 is 1.80 bits per heavy atom. The molecule has 0 unspecified atom stereocenters. The molecule has 0 aliphatic carbocycles. The van der Waals surface area contributed by atoms with E-state index in [0.717, 1.165) is 59.5 Å². The molecule has 0 saturated heterocycles. The van der Waals surface area contributed by atoms with Crippen LogP contribution in [-0.2, 0) is 13.0 Å². The van der Waals surface area contributed by atoms with Crippen LogP contribution in [0.3, 0.4) is 0 Å². The van der Waals surface area contributed by atoms with Crippen LogP contribution >= 0.6 is 0 Å². The van der Waals surface area contributed by atoms with Gasteiger partial charge in [0.25, 0.3) is 0 Å². The van der Waals surface area contributed by atoms with E-state index in [1.165, 1.54) is 0 Å². The summed E-state index contributed by atoms with van der Waals surface area (Å²) in [5, 5.41) is 10.7. The van der Waals surface area contributed by atoms with Crippen molar-refractivity contribution in [3.63, 3.8) is 0 Å². The average Bonchev–Trinajstić information content (AvgIpc) is 3.27. The van der Waals surface area contributed by atoms with Gasteiger partial charge in [0.2, 0.25) is 0 Å². The maximum atomic E-state index is 5.44. The van der Waals surface area contributed by atoms with Crippen LogP contribution in [0.4, 0.5) is 0 Å². The van der Waals surface area contributed by atoms with Gasteiger partial charge in [-0.2, -0.15) is 0 Å². The van der Waals surface area contributed by atoms with Crippen LogP contribution < -0.4 is 20.1 Å². The predicted molar refractivity (Wildman–Crippen MR) is 118 cm³/mol. The van der Waals surface area contributed by atoms with E-state index in [2.05, 4.69) is 20.8 Å². The zero-order valence-electron chi connectivity index (χ0n) is 17.6. The average molecular weight is 409 g/mol. The first kappa shape index (κ1) is 21.2. The molecule has 0 saturated carbocycles. The van der Waals surface area contributed by atoms with Crippen molar-refractivity contribution in [2.45, 2.75) is 19.9 Å². The van der Waals surface area contributed by atoms with E-state index in [1.807, 2.05) is 61.5 Å². The fraction of sp³-hybridized carbons (Fsp3) is 0.304.